The summed E-state index contributed by atoms with van der Waals surface area (Å²) in [4.78, 5) is 0.779. The second-order valence-electron chi connectivity index (χ2n) is 1.92. The number of hydrogen-bond acceptors (Lipinski definition) is 3. The second kappa shape index (κ2) is 4.93. The summed E-state index contributed by atoms with van der Waals surface area (Å²) in [5, 5.41) is 0. The number of benzene rings is 1. The molecule has 1 rings (SSSR count). The zero-order chi connectivity index (χ0) is 7.56. The van der Waals surface area contributed by atoms with E-state index in [-0.39, 0.29) is 31.0 Å². The first-order valence-corrected chi connectivity index (χ1v) is 3.31. The average molecular weight is 179 g/mol. The second-order valence-corrected chi connectivity index (χ2v) is 2.41. The third-order valence-electron chi connectivity index (χ3n) is 1.23. The van der Waals surface area contributed by atoms with Crippen LogP contribution in [-0.2, 0) is 0 Å². The Morgan fingerprint density at radius 3 is 2.64 bits per heavy atom. The predicted molar refractivity (Wildman–Crippen MR) is 45.8 cm³/mol. The minimum absolute atomic E-state index is 0. The topological polar surface area (TPSA) is 35.2 Å². The molecule has 1 aromatic carbocycles. The molecule has 56 valence electrons. The molecule has 0 spiro atoms. The van der Waals surface area contributed by atoms with Crippen molar-refractivity contribution in [2.75, 3.05) is 12.8 Å². The van der Waals surface area contributed by atoms with Crippen LogP contribution in [0.2, 0.25) is 0 Å². The maximum atomic E-state index is 5.54. The summed E-state index contributed by atoms with van der Waals surface area (Å²) in [7, 11) is 1.60. The first-order valence-electron chi connectivity index (χ1n) is 2.86. The average Bonchev–Trinajstić information content (AvgIpc) is 1.95. The molecule has 0 radical (unpaired) electrons. The molecule has 0 heterocycles. The Balaban J connectivity index is 0. The van der Waals surface area contributed by atoms with Crippen LogP contribution in [0.15, 0.2) is 23.1 Å². The molecule has 0 aliphatic heterocycles. The van der Waals surface area contributed by atoms with Gasteiger partial charge in [0, 0.05) is 16.6 Å². The first-order chi connectivity index (χ1) is 4.74. The number of nitrogen functional groups attached to an aromatic ring is 1. The van der Waals surface area contributed by atoms with Gasteiger partial charge in [-0.25, -0.2) is 0 Å². The van der Waals surface area contributed by atoms with Crippen molar-refractivity contribution in [3.8, 4) is 5.75 Å². The van der Waals surface area contributed by atoms with Gasteiger partial charge in [0.1, 0.15) is 5.75 Å². The molecular formula is C7H10NNaOS. The van der Waals surface area contributed by atoms with Crippen LogP contribution >= 0.6 is 12.6 Å². The molecule has 0 aliphatic rings. The normalized spacial score (nSPS) is 8.55. The van der Waals surface area contributed by atoms with E-state index in [1.165, 1.54) is 0 Å². The number of hydrogen-bond donors (Lipinski definition) is 2. The number of anilines is 1. The summed E-state index contributed by atoms with van der Waals surface area (Å²) in [6.07, 6.45) is 0. The molecule has 4 heteroatoms. The van der Waals surface area contributed by atoms with Crippen molar-refractivity contribution >= 4 is 18.3 Å². The molecule has 2 N–H and O–H groups in total. The summed E-state index contributed by atoms with van der Waals surface area (Å²) in [6.45, 7) is 0. The quantitative estimate of drug-likeness (QED) is 0.319. The van der Waals surface area contributed by atoms with Crippen molar-refractivity contribution in [3.63, 3.8) is 0 Å². The van der Waals surface area contributed by atoms with Crippen LogP contribution in [0.25, 0.3) is 0 Å². The van der Waals surface area contributed by atoms with Gasteiger partial charge >= 0.3 is 29.6 Å². The Labute approximate surface area is 95.3 Å². The SMILES string of the molecule is COc1ccc(S)c(N)c1.[H-].[Na+]. The summed E-state index contributed by atoms with van der Waals surface area (Å²) in [5.74, 6) is 0.760. The monoisotopic (exact) mass is 179 g/mol. The minimum Gasteiger partial charge on any atom is -1.00 e. The molecule has 11 heavy (non-hydrogen) atoms. The van der Waals surface area contributed by atoms with E-state index in [0.29, 0.717) is 5.69 Å². The van der Waals surface area contributed by atoms with Crippen LogP contribution in [0.3, 0.4) is 0 Å². The summed E-state index contributed by atoms with van der Waals surface area (Å²) >= 11 is 4.10. The van der Waals surface area contributed by atoms with Gasteiger partial charge in [0.15, 0.2) is 0 Å². The van der Waals surface area contributed by atoms with E-state index in [4.69, 9.17) is 10.5 Å². The fraction of sp³-hybridized carbons (Fsp3) is 0.143. The van der Waals surface area contributed by atoms with Crippen LogP contribution in [0.5, 0.6) is 5.75 Å². The molecule has 0 aromatic heterocycles. The van der Waals surface area contributed by atoms with Crippen LogP contribution in [-0.4, -0.2) is 7.11 Å². The van der Waals surface area contributed by atoms with Crippen molar-refractivity contribution in [2.45, 2.75) is 4.90 Å². The molecule has 0 saturated carbocycles. The van der Waals surface area contributed by atoms with E-state index in [0.717, 1.165) is 10.6 Å². The van der Waals surface area contributed by atoms with Gasteiger partial charge < -0.3 is 11.9 Å². The van der Waals surface area contributed by atoms with Crippen LogP contribution in [0, 0.1) is 0 Å². The van der Waals surface area contributed by atoms with E-state index in [2.05, 4.69) is 12.6 Å². The fourth-order valence-corrected chi connectivity index (χ4v) is 0.799. The molecule has 0 unspecified atom stereocenters. The van der Waals surface area contributed by atoms with Crippen molar-refractivity contribution in [2.24, 2.45) is 0 Å². The van der Waals surface area contributed by atoms with Crippen molar-refractivity contribution < 1.29 is 35.7 Å². The third-order valence-corrected chi connectivity index (χ3v) is 1.64. The smallest absolute Gasteiger partial charge is 1.00 e. The molecule has 0 bridgehead atoms. The van der Waals surface area contributed by atoms with Crippen LogP contribution in [0.4, 0.5) is 5.69 Å². The fourth-order valence-electron chi connectivity index (χ4n) is 0.660. The summed E-state index contributed by atoms with van der Waals surface area (Å²) in [6, 6.07) is 5.36. The maximum Gasteiger partial charge on any atom is 1.00 e. The van der Waals surface area contributed by atoms with Gasteiger partial charge in [0.2, 0.25) is 0 Å². The van der Waals surface area contributed by atoms with Crippen molar-refractivity contribution in [3.05, 3.63) is 18.2 Å². The van der Waals surface area contributed by atoms with Gasteiger partial charge in [-0.15, -0.1) is 12.6 Å². The summed E-state index contributed by atoms with van der Waals surface area (Å²) in [5.41, 5.74) is 6.18. The zero-order valence-corrected chi connectivity index (χ0v) is 9.56. The van der Waals surface area contributed by atoms with E-state index in [9.17, 15) is 0 Å². The van der Waals surface area contributed by atoms with Crippen LogP contribution in [0.1, 0.15) is 1.43 Å². The molecule has 0 aliphatic carbocycles. The van der Waals surface area contributed by atoms with Gasteiger partial charge in [-0.2, -0.15) is 0 Å². The summed E-state index contributed by atoms with van der Waals surface area (Å²) < 4.78 is 4.94. The number of rotatable bonds is 1. The number of methoxy groups -OCH3 is 1. The number of ether oxygens (including phenoxy) is 1. The van der Waals surface area contributed by atoms with E-state index in [1.807, 2.05) is 6.07 Å². The molecule has 0 saturated heterocycles. The molecule has 0 atom stereocenters. The third kappa shape index (κ3) is 2.95. The minimum atomic E-state index is 0. The standard InChI is InChI=1S/C7H9NOS.Na.H/c1-9-5-2-3-7(10)6(8)4-5;;/h2-4,10H,8H2,1H3;;/q;+1;-1. The van der Waals surface area contributed by atoms with Crippen LogP contribution < -0.4 is 40.0 Å². The molecule has 1 aromatic rings. The molecule has 2 nitrogen and oxygen atoms in total. The zero-order valence-electron chi connectivity index (χ0n) is 7.66. The molecule has 0 fully saturated rings. The number of nitrogens with two attached hydrogens (primary N) is 1. The van der Waals surface area contributed by atoms with E-state index in [1.54, 1.807) is 19.2 Å². The largest absolute Gasteiger partial charge is 1.00 e. The van der Waals surface area contributed by atoms with E-state index >= 15 is 0 Å². The predicted octanol–water partition coefficient (Wildman–Crippen LogP) is -1.32. The Morgan fingerprint density at radius 1 is 1.55 bits per heavy atom. The number of thiol groups is 1. The van der Waals surface area contributed by atoms with Gasteiger partial charge in [0.05, 0.1) is 7.11 Å². The van der Waals surface area contributed by atoms with Crippen molar-refractivity contribution in [1.82, 2.24) is 0 Å². The Hall–Kier alpha value is 0.170. The Bertz CT molecular complexity index is 247. The Kier molecular flexibility index (Phi) is 5.01. The van der Waals surface area contributed by atoms with E-state index < -0.39 is 0 Å². The van der Waals surface area contributed by atoms with Crippen molar-refractivity contribution in [1.29, 1.82) is 0 Å². The van der Waals surface area contributed by atoms with Gasteiger partial charge in [-0.3, -0.25) is 0 Å². The molecule has 0 amide bonds. The first kappa shape index (κ1) is 11.2. The molecular weight excluding hydrogens is 169 g/mol. The maximum absolute atomic E-state index is 5.54. The van der Waals surface area contributed by atoms with Gasteiger partial charge in [-0.1, -0.05) is 0 Å². The van der Waals surface area contributed by atoms with Gasteiger partial charge in [0.25, 0.3) is 0 Å². The van der Waals surface area contributed by atoms with Gasteiger partial charge in [-0.05, 0) is 12.1 Å². The Morgan fingerprint density at radius 2 is 2.18 bits per heavy atom.